The van der Waals surface area contributed by atoms with Gasteiger partial charge in [0, 0.05) is 35.2 Å². The summed E-state index contributed by atoms with van der Waals surface area (Å²) in [6.45, 7) is 7.57. The Morgan fingerprint density at radius 1 is 1.33 bits per heavy atom. The van der Waals surface area contributed by atoms with Crippen LogP contribution < -0.4 is 4.90 Å². The van der Waals surface area contributed by atoms with Crippen LogP contribution in [0.5, 0.6) is 0 Å². The van der Waals surface area contributed by atoms with E-state index in [9.17, 15) is 4.79 Å². The van der Waals surface area contributed by atoms with Gasteiger partial charge in [-0.2, -0.15) is 0 Å². The van der Waals surface area contributed by atoms with Gasteiger partial charge in [0.15, 0.2) is 0 Å². The van der Waals surface area contributed by atoms with Crippen molar-refractivity contribution in [2.75, 3.05) is 31.6 Å². The Bertz CT molecular complexity index is 459. The first-order valence-corrected chi connectivity index (χ1v) is 6.94. The minimum atomic E-state index is 0.168. The number of hydrogen-bond donors (Lipinski definition) is 0. The van der Waals surface area contributed by atoms with E-state index < -0.39 is 0 Å². The van der Waals surface area contributed by atoms with Crippen molar-refractivity contribution in [2.45, 2.75) is 19.4 Å². The van der Waals surface area contributed by atoms with Gasteiger partial charge < -0.3 is 4.90 Å². The van der Waals surface area contributed by atoms with Crippen LogP contribution in [-0.4, -0.2) is 43.4 Å². The van der Waals surface area contributed by atoms with Gasteiger partial charge in [-0.3, -0.25) is 9.69 Å². The zero-order valence-corrected chi connectivity index (χ0v) is 12.7. The van der Waals surface area contributed by atoms with Crippen molar-refractivity contribution in [1.82, 2.24) is 4.90 Å². The van der Waals surface area contributed by atoms with E-state index in [0.29, 0.717) is 5.56 Å². The Labute approximate surface area is 117 Å². The quantitative estimate of drug-likeness (QED) is 0.785. The van der Waals surface area contributed by atoms with Crippen LogP contribution in [0.25, 0.3) is 0 Å². The summed E-state index contributed by atoms with van der Waals surface area (Å²) in [6.07, 6.45) is 0.877. The van der Waals surface area contributed by atoms with Crippen molar-refractivity contribution in [3.8, 4) is 0 Å². The fourth-order valence-electron chi connectivity index (χ4n) is 2.30. The molecule has 1 aliphatic heterocycles. The molecule has 4 heteroatoms. The second kappa shape index (κ2) is 5.02. The highest BCUT2D eigenvalue weighted by molar-refractivity contribution is 9.10. The first kappa shape index (κ1) is 13.6. The molecule has 0 saturated carbocycles. The zero-order valence-electron chi connectivity index (χ0n) is 11.1. The maximum absolute atomic E-state index is 10.8. The number of aldehydes is 1. The van der Waals surface area contributed by atoms with Gasteiger partial charge >= 0.3 is 0 Å². The second-order valence-corrected chi connectivity index (χ2v) is 6.34. The predicted molar refractivity (Wildman–Crippen MR) is 78.5 cm³/mol. The van der Waals surface area contributed by atoms with E-state index in [1.165, 1.54) is 5.69 Å². The van der Waals surface area contributed by atoms with Gasteiger partial charge in [0.1, 0.15) is 6.29 Å². The molecule has 0 aliphatic carbocycles. The number of likely N-dealkylation sites (N-methyl/N-ethyl adjacent to an activating group) is 1. The van der Waals surface area contributed by atoms with Crippen molar-refractivity contribution < 1.29 is 4.79 Å². The van der Waals surface area contributed by atoms with Gasteiger partial charge in [-0.25, -0.2) is 0 Å². The van der Waals surface area contributed by atoms with Crippen molar-refractivity contribution in [3.63, 3.8) is 0 Å². The second-order valence-electron chi connectivity index (χ2n) is 5.48. The molecule has 0 radical (unpaired) electrons. The number of benzene rings is 1. The fraction of sp³-hybridized carbons (Fsp3) is 0.500. The van der Waals surface area contributed by atoms with Crippen molar-refractivity contribution in [1.29, 1.82) is 0 Å². The summed E-state index contributed by atoms with van der Waals surface area (Å²) in [4.78, 5) is 15.5. The van der Waals surface area contributed by atoms with Crippen molar-refractivity contribution >= 4 is 27.9 Å². The van der Waals surface area contributed by atoms with Crippen LogP contribution >= 0.6 is 15.9 Å². The van der Waals surface area contributed by atoms with Crippen LogP contribution in [0.15, 0.2) is 22.7 Å². The molecule has 0 aromatic heterocycles. The van der Waals surface area contributed by atoms with Crippen LogP contribution in [0.4, 0.5) is 5.69 Å². The third kappa shape index (κ3) is 2.59. The smallest absolute Gasteiger partial charge is 0.150 e. The van der Waals surface area contributed by atoms with Gasteiger partial charge in [0.05, 0.1) is 5.69 Å². The van der Waals surface area contributed by atoms with Gasteiger partial charge in [0.2, 0.25) is 0 Å². The molecular weight excluding hydrogens is 292 g/mol. The van der Waals surface area contributed by atoms with E-state index in [2.05, 4.69) is 46.6 Å². The maximum atomic E-state index is 10.8. The largest absolute Gasteiger partial charge is 0.368 e. The molecule has 3 nitrogen and oxygen atoms in total. The highest BCUT2D eigenvalue weighted by atomic mass is 79.9. The Balaban J connectivity index is 2.25. The zero-order chi connectivity index (χ0) is 13.3. The van der Waals surface area contributed by atoms with E-state index in [-0.39, 0.29) is 5.54 Å². The SMILES string of the molecule is CN1CCN(c2ccc(C=O)cc2Br)CC1(C)C. The van der Waals surface area contributed by atoms with Crippen LogP contribution in [0.2, 0.25) is 0 Å². The summed E-state index contributed by atoms with van der Waals surface area (Å²) in [5, 5.41) is 0. The minimum Gasteiger partial charge on any atom is -0.368 e. The van der Waals surface area contributed by atoms with Crippen LogP contribution in [0.1, 0.15) is 24.2 Å². The number of carbonyl (C=O) groups excluding carboxylic acids is 1. The molecule has 0 N–H and O–H groups in total. The Morgan fingerprint density at radius 2 is 2.06 bits per heavy atom. The highest BCUT2D eigenvalue weighted by Gasteiger charge is 2.31. The number of hydrogen-bond acceptors (Lipinski definition) is 3. The summed E-state index contributed by atoms with van der Waals surface area (Å²) in [6, 6.07) is 5.78. The highest BCUT2D eigenvalue weighted by Crippen LogP contribution is 2.31. The van der Waals surface area contributed by atoms with Gasteiger partial charge in [0.25, 0.3) is 0 Å². The van der Waals surface area contributed by atoms with Crippen molar-refractivity contribution in [3.05, 3.63) is 28.2 Å². The Hall–Kier alpha value is -0.870. The average Bonchev–Trinajstić information content (AvgIpc) is 2.32. The Morgan fingerprint density at radius 3 is 2.61 bits per heavy atom. The molecule has 2 rings (SSSR count). The Kier molecular flexibility index (Phi) is 3.78. The van der Waals surface area contributed by atoms with E-state index in [1.807, 2.05) is 18.2 Å². The molecule has 1 aromatic carbocycles. The van der Waals surface area contributed by atoms with E-state index in [0.717, 1.165) is 30.4 Å². The minimum absolute atomic E-state index is 0.168. The first-order valence-electron chi connectivity index (χ1n) is 6.15. The summed E-state index contributed by atoms with van der Waals surface area (Å²) >= 11 is 3.56. The number of anilines is 1. The van der Waals surface area contributed by atoms with Gasteiger partial charge in [-0.05, 0) is 55.0 Å². The molecule has 0 bridgehead atoms. The third-order valence-electron chi connectivity index (χ3n) is 3.76. The lowest BCUT2D eigenvalue weighted by molar-refractivity contribution is 0.112. The van der Waals surface area contributed by atoms with Gasteiger partial charge in [-0.1, -0.05) is 0 Å². The van der Waals surface area contributed by atoms with E-state index >= 15 is 0 Å². The monoisotopic (exact) mass is 310 g/mol. The molecule has 1 heterocycles. The summed E-state index contributed by atoms with van der Waals surface area (Å²) in [7, 11) is 2.17. The first-order chi connectivity index (χ1) is 8.44. The average molecular weight is 311 g/mol. The normalized spacial score (nSPS) is 19.9. The molecule has 1 aliphatic rings. The lowest BCUT2D eigenvalue weighted by atomic mass is 9.99. The van der Waals surface area contributed by atoms with Crippen LogP contribution in [-0.2, 0) is 0 Å². The standard InChI is InChI=1S/C14H19BrN2O/c1-14(2)10-17(7-6-16(14)3)13-5-4-11(9-18)8-12(13)15/h4-5,8-9H,6-7,10H2,1-3H3. The van der Waals surface area contributed by atoms with E-state index in [4.69, 9.17) is 0 Å². The molecule has 0 amide bonds. The third-order valence-corrected chi connectivity index (χ3v) is 4.40. The molecule has 18 heavy (non-hydrogen) atoms. The lowest BCUT2D eigenvalue weighted by Crippen LogP contribution is -2.57. The van der Waals surface area contributed by atoms with E-state index in [1.54, 1.807) is 0 Å². The van der Waals surface area contributed by atoms with Crippen molar-refractivity contribution in [2.24, 2.45) is 0 Å². The molecule has 98 valence electrons. The van der Waals surface area contributed by atoms with Crippen LogP contribution in [0, 0.1) is 0 Å². The molecule has 0 atom stereocenters. The molecule has 0 spiro atoms. The molecule has 1 saturated heterocycles. The maximum Gasteiger partial charge on any atom is 0.150 e. The number of nitrogens with zero attached hydrogens (tertiary/aromatic N) is 2. The number of rotatable bonds is 2. The molecule has 1 aromatic rings. The molecular formula is C14H19BrN2O. The number of carbonyl (C=O) groups is 1. The molecule has 0 unspecified atom stereocenters. The lowest BCUT2D eigenvalue weighted by Gasteiger charge is -2.46. The topological polar surface area (TPSA) is 23.6 Å². The van der Waals surface area contributed by atoms with Gasteiger partial charge in [-0.15, -0.1) is 0 Å². The van der Waals surface area contributed by atoms with Crippen LogP contribution in [0.3, 0.4) is 0 Å². The molecule has 1 fully saturated rings. The predicted octanol–water partition coefficient (Wildman–Crippen LogP) is 2.79. The summed E-state index contributed by atoms with van der Waals surface area (Å²) < 4.78 is 0.993. The number of halogens is 1. The fourth-order valence-corrected chi connectivity index (χ4v) is 2.95. The summed E-state index contributed by atoms with van der Waals surface area (Å²) in [5.74, 6) is 0. The summed E-state index contributed by atoms with van der Waals surface area (Å²) in [5.41, 5.74) is 2.04. The number of piperazine rings is 1.